The van der Waals surface area contributed by atoms with Crippen LogP contribution >= 0.6 is 0 Å². The first-order valence-corrected chi connectivity index (χ1v) is 7.59. The maximum atomic E-state index is 11.8. The van der Waals surface area contributed by atoms with Crippen molar-refractivity contribution >= 4 is 15.8 Å². The molecule has 0 aliphatic carbocycles. The lowest BCUT2D eigenvalue weighted by molar-refractivity contribution is 0.0997. The van der Waals surface area contributed by atoms with E-state index in [0.717, 1.165) is 0 Å². The van der Waals surface area contributed by atoms with Crippen molar-refractivity contribution < 1.29 is 17.7 Å². The highest BCUT2D eigenvalue weighted by Gasteiger charge is 2.16. The number of aryl methyl sites for hydroxylation is 1. The molecule has 1 N–H and O–H groups in total. The Kier molecular flexibility index (Phi) is 4.31. The summed E-state index contributed by atoms with van der Waals surface area (Å²) >= 11 is 0. The minimum atomic E-state index is -3.62. The van der Waals surface area contributed by atoms with Crippen molar-refractivity contribution in [2.24, 2.45) is 0 Å². The van der Waals surface area contributed by atoms with E-state index in [0.29, 0.717) is 17.0 Å². The molecular formula is C13H14N2O4S. The molecule has 106 valence electrons. The van der Waals surface area contributed by atoms with Crippen molar-refractivity contribution in [2.45, 2.75) is 12.7 Å². The molecule has 0 bridgehead atoms. The van der Waals surface area contributed by atoms with Gasteiger partial charge in [-0.2, -0.15) is 0 Å². The molecule has 0 aliphatic rings. The summed E-state index contributed by atoms with van der Waals surface area (Å²) in [7, 11) is -3.62. The second-order valence-corrected chi connectivity index (χ2v) is 6.11. The van der Waals surface area contributed by atoms with Crippen molar-refractivity contribution in [3.05, 3.63) is 53.4 Å². The molecule has 0 fully saturated rings. The quantitative estimate of drug-likeness (QED) is 0.811. The molecular weight excluding hydrogens is 280 g/mol. The van der Waals surface area contributed by atoms with E-state index in [-0.39, 0.29) is 18.1 Å². The monoisotopic (exact) mass is 294 g/mol. The fourth-order valence-corrected chi connectivity index (χ4v) is 2.61. The van der Waals surface area contributed by atoms with Crippen LogP contribution < -0.4 is 4.72 Å². The van der Waals surface area contributed by atoms with Gasteiger partial charge in [-0.3, -0.25) is 4.79 Å². The highest BCUT2D eigenvalue weighted by molar-refractivity contribution is 7.88. The smallest absolute Gasteiger partial charge is 0.217 e. The van der Waals surface area contributed by atoms with Crippen molar-refractivity contribution in [3.63, 3.8) is 0 Å². The number of carbonyl (C=O) groups is 1. The minimum Gasteiger partial charge on any atom is -0.361 e. The molecule has 0 unspecified atom stereocenters. The van der Waals surface area contributed by atoms with Gasteiger partial charge >= 0.3 is 0 Å². The van der Waals surface area contributed by atoms with Gasteiger partial charge in [0.05, 0.1) is 6.54 Å². The first-order valence-electron chi connectivity index (χ1n) is 5.94. The number of carbonyl (C=O) groups excluding carboxylic acids is 1. The van der Waals surface area contributed by atoms with Gasteiger partial charge in [0.15, 0.2) is 5.78 Å². The Morgan fingerprint density at radius 1 is 1.30 bits per heavy atom. The third-order valence-corrected chi connectivity index (χ3v) is 3.82. The fraction of sp³-hybridized carbons (Fsp3) is 0.231. The van der Waals surface area contributed by atoms with Gasteiger partial charge in [-0.05, 0) is 6.92 Å². The lowest BCUT2D eigenvalue weighted by Gasteiger charge is -2.04. The fourth-order valence-electron chi connectivity index (χ4n) is 1.63. The van der Waals surface area contributed by atoms with Gasteiger partial charge in [-0.25, -0.2) is 13.1 Å². The SMILES string of the molecule is Cc1cc(CS(=O)(=O)NCC(=O)c2ccccc2)no1. The molecule has 0 atom stereocenters. The van der Waals surface area contributed by atoms with Gasteiger partial charge in [0.2, 0.25) is 10.0 Å². The van der Waals surface area contributed by atoms with Crippen LogP contribution in [0.2, 0.25) is 0 Å². The van der Waals surface area contributed by atoms with Crippen LogP contribution in [-0.4, -0.2) is 25.9 Å². The van der Waals surface area contributed by atoms with E-state index in [2.05, 4.69) is 9.88 Å². The summed E-state index contributed by atoms with van der Waals surface area (Å²) in [5.41, 5.74) is 0.773. The molecule has 0 amide bonds. The van der Waals surface area contributed by atoms with E-state index >= 15 is 0 Å². The summed E-state index contributed by atoms with van der Waals surface area (Å²) in [5.74, 6) is -0.0621. The molecule has 0 saturated carbocycles. The normalized spacial score (nSPS) is 11.4. The van der Waals surface area contributed by atoms with Crippen molar-refractivity contribution in [2.75, 3.05) is 6.54 Å². The maximum absolute atomic E-state index is 11.8. The molecule has 20 heavy (non-hydrogen) atoms. The van der Waals surface area contributed by atoms with Crippen LogP contribution in [0.25, 0.3) is 0 Å². The lowest BCUT2D eigenvalue weighted by Crippen LogP contribution is -2.30. The van der Waals surface area contributed by atoms with E-state index in [1.807, 2.05) is 0 Å². The average molecular weight is 294 g/mol. The van der Waals surface area contributed by atoms with Gasteiger partial charge in [-0.15, -0.1) is 0 Å². The molecule has 0 aliphatic heterocycles. The van der Waals surface area contributed by atoms with Gasteiger partial charge in [0.1, 0.15) is 17.2 Å². The van der Waals surface area contributed by atoms with Gasteiger partial charge in [0.25, 0.3) is 0 Å². The average Bonchev–Trinajstić information content (AvgIpc) is 2.82. The summed E-state index contributed by atoms with van der Waals surface area (Å²) in [6.07, 6.45) is 0. The number of benzene rings is 1. The van der Waals surface area contributed by atoms with Crippen LogP contribution in [0.4, 0.5) is 0 Å². The Morgan fingerprint density at radius 2 is 2.00 bits per heavy atom. The largest absolute Gasteiger partial charge is 0.361 e. The molecule has 0 saturated heterocycles. The zero-order valence-corrected chi connectivity index (χ0v) is 11.7. The third kappa shape index (κ3) is 4.01. The molecule has 1 aromatic heterocycles. The van der Waals surface area contributed by atoms with E-state index in [9.17, 15) is 13.2 Å². The molecule has 1 aromatic carbocycles. The third-order valence-electron chi connectivity index (χ3n) is 2.56. The predicted octanol–water partition coefficient (Wildman–Crippen LogP) is 1.29. The summed E-state index contributed by atoms with van der Waals surface area (Å²) in [4.78, 5) is 11.8. The van der Waals surface area contributed by atoms with Crippen LogP contribution in [0.1, 0.15) is 21.8 Å². The molecule has 1 heterocycles. The number of Topliss-reactive ketones (excluding diaryl/α,β-unsaturated/α-hetero) is 1. The van der Waals surface area contributed by atoms with Crippen molar-refractivity contribution in [1.29, 1.82) is 0 Å². The van der Waals surface area contributed by atoms with Crippen molar-refractivity contribution in [1.82, 2.24) is 9.88 Å². The first-order chi connectivity index (χ1) is 9.46. The standard InChI is InChI=1S/C13H14N2O4S/c1-10-7-12(15-19-10)9-20(17,18)14-8-13(16)11-5-3-2-4-6-11/h2-7,14H,8-9H2,1H3. The van der Waals surface area contributed by atoms with Gasteiger partial charge < -0.3 is 4.52 Å². The summed E-state index contributed by atoms with van der Waals surface area (Å²) < 4.78 is 30.7. The van der Waals surface area contributed by atoms with Gasteiger partial charge in [-0.1, -0.05) is 35.5 Å². The van der Waals surface area contributed by atoms with Crippen LogP contribution in [0.15, 0.2) is 40.9 Å². The van der Waals surface area contributed by atoms with E-state index in [4.69, 9.17) is 4.52 Å². The number of rotatable bonds is 6. The summed E-state index contributed by atoms with van der Waals surface area (Å²) in [5, 5.41) is 3.61. The van der Waals surface area contributed by atoms with Gasteiger partial charge in [0, 0.05) is 11.6 Å². The number of hydrogen-bond acceptors (Lipinski definition) is 5. The Morgan fingerprint density at radius 3 is 2.60 bits per heavy atom. The maximum Gasteiger partial charge on any atom is 0.217 e. The zero-order chi connectivity index (χ0) is 14.6. The Hall–Kier alpha value is -1.99. The van der Waals surface area contributed by atoms with Crippen LogP contribution in [-0.2, 0) is 15.8 Å². The molecule has 7 heteroatoms. The minimum absolute atomic E-state index is 0.275. The highest BCUT2D eigenvalue weighted by Crippen LogP contribution is 2.06. The van der Waals surface area contributed by atoms with Crippen molar-refractivity contribution in [3.8, 4) is 0 Å². The number of hydrogen-bond donors (Lipinski definition) is 1. The number of sulfonamides is 1. The Balaban J connectivity index is 1.94. The topological polar surface area (TPSA) is 89.3 Å². The second-order valence-electron chi connectivity index (χ2n) is 4.30. The molecule has 2 aromatic rings. The molecule has 2 rings (SSSR count). The van der Waals surface area contributed by atoms with Crippen LogP contribution in [0.3, 0.4) is 0 Å². The number of nitrogens with one attached hydrogen (secondary N) is 1. The molecule has 6 nitrogen and oxygen atoms in total. The Bertz CT molecular complexity index is 692. The second kappa shape index (κ2) is 5.98. The van der Waals surface area contributed by atoms with Crippen LogP contribution in [0, 0.1) is 6.92 Å². The number of aromatic nitrogens is 1. The Labute approximate surface area is 116 Å². The van der Waals surface area contributed by atoms with E-state index in [1.54, 1.807) is 37.3 Å². The van der Waals surface area contributed by atoms with E-state index in [1.165, 1.54) is 6.07 Å². The lowest BCUT2D eigenvalue weighted by atomic mass is 10.1. The molecule has 0 spiro atoms. The molecule has 0 radical (unpaired) electrons. The summed E-state index contributed by atoms with van der Waals surface area (Å²) in [6.45, 7) is 1.40. The van der Waals surface area contributed by atoms with Crippen LogP contribution in [0.5, 0.6) is 0 Å². The van der Waals surface area contributed by atoms with E-state index < -0.39 is 10.0 Å². The number of nitrogens with zero attached hydrogens (tertiary/aromatic N) is 1. The number of ketones is 1. The first kappa shape index (κ1) is 14.4. The predicted molar refractivity (Wildman–Crippen MR) is 72.6 cm³/mol. The highest BCUT2D eigenvalue weighted by atomic mass is 32.2. The summed E-state index contributed by atoms with van der Waals surface area (Å²) in [6, 6.07) is 10.0. The zero-order valence-electron chi connectivity index (χ0n) is 10.9.